The minimum Gasteiger partial charge on any atom is -0.356 e. The molecular formula is C17H17Cl2NO. The van der Waals surface area contributed by atoms with Gasteiger partial charge < -0.3 is 5.32 Å². The van der Waals surface area contributed by atoms with Crippen molar-refractivity contribution in [2.75, 3.05) is 6.54 Å². The Morgan fingerprint density at radius 1 is 0.952 bits per heavy atom. The Morgan fingerprint density at radius 2 is 1.67 bits per heavy atom. The van der Waals surface area contributed by atoms with Crippen LogP contribution in [0.4, 0.5) is 0 Å². The minimum absolute atomic E-state index is 0.0453. The predicted molar refractivity (Wildman–Crippen MR) is 87.9 cm³/mol. The fourth-order valence-electron chi connectivity index (χ4n) is 2.04. The summed E-state index contributed by atoms with van der Waals surface area (Å²) in [6, 6.07) is 15.3. The third kappa shape index (κ3) is 5.41. The topological polar surface area (TPSA) is 29.1 Å². The van der Waals surface area contributed by atoms with Crippen molar-refractivity contribution >= 4 is 29.1 Å². The molecular weight excluding hydrogens is 305 g/mol. The Hall–Kier alpha value is -1.51. The highest BCUT2D eigenvalue weighted by atomic mass is 35.5. The highest BCUT2D eigenvalue weighted by Gasteiger charge is 2.04. The van der Waals surface area contributed by atoms with E-state index in [1.54, 1.807) is 0 Å². The zero-order valence-electron chi connectivity index (χ0n) is 11.6. The van der Waals surface area contributed by atoms with Crippen LogP contribution in [0.15, 0.2) is 48.5 Å². The van der Waals surface area contributed by atoms with Gasteiger partial charge >= 0.3 is 0 Å². The van der Waals surface area contributed by atoms with Gasteiger partial charge in [0.1, 0.15) is 0 Å². The van der Waals surface area contributed by atoms with E-state index < -0.39 is 0 Å². The van der Waals surface area contributed by atoms with E-state index in [1.807, 2.05) is 48.5 Å². The maximum Gasteiger partial charge on any atom is 0.220 e. The molecule has 0 saturated heterocycles. The van der Waals surface area contributed by atoms with Crippen LogP contribution in [0.25, 0.3) is 0 Å². The van der Waals surface area contributed by atoms with E-state index in [2.05, 4.69) is 5.32 Å². The van der Waals surface area contributed by atoms with Gasteiger partial charge in [-0.05, 0) is 42.2 Å². The fraction of sp³-hybridized carbons (Fsp3) is 0.235. The smallest absolute Gasteiger partial charge is 0.220 e. The molecule has 1 amide bonds. The molecule has 0 heterocycles. The lowest BCUT2D eigenvalue weighted by Crippen LogP contribution is -2.25. The number of carbonyl (C=O) groups excluding carboxylic acids is 1. The van der Waals surface area contributed by atoms with E-state index in [-0.39, 0.29) is 5.91 Å². The lowest BCUT2D eigenvalue weighted by molar-refractivity contribution is -0.121. The van der Waals surface area contributed by atoms with E-state index in [1.165, 1.54) is 0 Å². The van der Waals surface area contributed by atoms with Crippen molar-refractivity contribution in [1.29, 1.82) is 0 Å². The molecule has 0 aliphatic heterocycles. The molecule has 1 N–H and O–H groups in total. The molecule has 0 atom stereocenters. The number of nitrogens with one attached hydrogen (secondary N) is 1. The summed E-state index contributed by atoms with van der Waals surface area (Å²) in [6.07, 6.45) is 1.91. The van der Waals surface area contributed by atoms with Gasteiger partial charge in [0.2, 0.25) is 5.91 Å². The summed E-state index contributed by atoms with van der Waals surface area (Å²) in [4.78, 5) is 11.8. The largest absolute Gasteiger partial charge is 0.356 e. The Bertz CT molecular complexity index is 596. The second-order valence-corrected chi connectivity index (χ2v) is 5.66. The lowest BCUT2D eigenvalue weighted by Gasteiger charge is -2.06. The second kappa shape index (κ2) is 8.06. The SMILES string of the molecule is O=C(CCc1ccccc1Cl)NCCc1ccc(Cl)cc1. The number of benzene rings is 2. The van der Waals surface area contributed by atoms with Crippen molar-refractivity contribution < 1.29 is 4.79 Å². The van der Waals surface area contributed by atoms with Crippen LogP contribution < -0.4 is 5.32 Å². The first-order chi connectivity index (χ1) is 10.1. The van der Waals surface area contributed by atoms with E-state index in [0.29, 0.717) is 24.4 Å². The van der Waals surface area contributed by atoms with E-state index in [0.717, 1.165) is 22.6 Å². The molecule has 0 aliphatic carbocycles. The first kappa shape index (κ1) is 15.9. The molecule has 2 nitrogen and oxygen atoms in total. The minimum atomic E-state index is 0.0453. The van der Waals surface area contributed by atoms with Crippen LogP contribution in [0.3, 0.4) is 0 Å². The number of halogens is 2. The number of carbonyl (C=O) groups is 1. The van der Waals surface area contributed by atoms with Gasteiger partial charge in [-0.25, -0.2) is 0 Å². The molecule has 2 rings (SSSR count). The van der Waals surface area contributed by atoms with E-state index >= 15 is 0 Å². The van der Waals surface area contributed by atoms with Crippen LogP contribution in [-0.4, -0.2) is 12.5 Å². The third-order valence-electron chi connectivity index (χ3n) is 3.23. The number of hydrogen-bond donors (Lipinski definition) is 1. The Kier molecular flexibility index (Phi) is 6.09. The van der Waals surface area contributed by atoms with Crippen molar-refractivity contribution in [1.82, 2.24) is 5.32 Å². The number of aryl methyl sites for hydroxylation is 1. The standard InChI is InChI=1S/C17H17Cl2NO/c18-15-8-5-13(6-9-15)11-12-20-17(21)10-7-14-3-1-2-4-16(14)19/h1-6,8-9H,7,10-12H2,(H,20,21). The highest BCUT2D eigenvalue weighted by molar-refractivity contribution is 6.31. The number of rotatable bonds is 6. The van der Waals surface area contributed by atoms with Gasteiger partial charge in [0.05, 0.1) is 0 Å². The molecule has 0 saturated carbocycles. The highest BCUT2D eigenvalue weighted by Crippen LogP contribution is 2.16. The average molecular weight is 322 g/mol. The van der Waals surface area contributed by atoms with Gasteiger partial charge in [0.15, 0.2) is 0 Å². The third-order valence-corrected chi connectivity index (χ3v) is 3.85. The lowest BCUT2D eigenvalue weighted by atomic mass is 10.1. The van der Waals surface area contributed by atoms with Crippen LogP contribution in [0, 0.1) is 0 Å². The summed E-state index contributed by atoms with van der Waals surface area (Å²) in [5, 5.41) is 4.36. The summed E-state index contributed by atoms with van der Waals surface area (Å²) >= 11 is 11.9. The van der Waals surface area contributed by atoms with Crippen molar-refractivity contribution in [2.24, 2.45) is 0 Å². The van der Waals surface area contributed by atoms with Crippen molar-refractivity contribution in [3.05, 3.63) is 69.7 Å². The van der Waals surface area contributed by atoms with Crippen LogP contribution in [0.2, 0.25) is 10.0 Å². The molecule has 2 aromatic carbocycles. The summed E-state index contributed by atoms with van der Waals surface area (Å²) < 4.78 is 0. The first-order valence-corrected chi connectivity index (χ1v) is 7.65. The fourth-order valence-corrected chi connectivity index (χ4v) is 2.39. The molecule has 2 aromatic rings. The predicted octanol–water partition coefficient (Wildman–Crippen LogP) is 4.28. The Morgan fingerprint density at radius 3 is 2.38 bits per heavy atom. The maximum absolute atomic E-state index is 11.8. The maximum atomic E-state index is 11.8. The normalized spacial score (nSPS) is 10.4. The Balaban J connectivity index is 1.70. The van der Waals surface area contributed by atoms with Crippen molar-refractivity contribution in [3.63, 3.8) is 0 Å². The number of hydrogen-bond acceptors (Lipinski definition) is 1. The summed E-state index contributed by atoms with van der Waals surface area (Å²) in [7, 11) is 0. The summed E-state index contributed by atoms with van der Waals surface area (Å²) in [5.41, 5.74) is 2.16. The average Bonchev–Trinajstić information content (AvgIpc) is 2.48. The van der Waals surface area contributed by atoms with Crippen molar-refractivity contribution in [3.8, 4) is 0 Å². The van der Waals surface area contributed by atoms with Gasteiger partial charge in [-0.15, -0.1) is 0 Å². The van der Waals surface area contributed by atoms with Crippen molar-refractivity contribution in [2.45, 2.75) is 19.3 Å². The summed E-state index contributed by atoms with van der Waals surface area (Å²) in [5.74, 6) is 0.0453. The molecule has 4 heteroatoms. The second-order valence-electron chi connectivity index (χ2n) is 4.82. The van der Waals surface area contributed by atoms with Gasteiger partial charge in [0, 0.05) is 23.0 Å². The Labute approximate surface area is 135 Å². The molecule has 0 fully saturated rings. The number of amides is 1. The van der Waals surface area contributed by atoms with Crippen LogP contribution >= 0.6 is 23.2 Å². The van der Waals surface area contributed by atoms with Gasteiger partial charge in [-0.3, -0.25) is 4.79 Å². The van der Waals surface area contributed by atoms with E-state index in [4.69, 9.17) is 23.2 Å². The summed E-state index contributed by atoms with van der Waals surface area (Å²) in [6.45, 7) is 0.628. The van der Waals surface area contributed by atoms with Gasteiger partial charge in [0.25, 0.3) is 0 Å². The molecule has 0 aromatic heterocycles. The van der Waals surface area contributed by atoms with E-state index in [9.17, 15) is 4.79 Å². The molecule has 0 bridgehead atoms. The molecule has 0 spiro atoms. The van der Waals surface area contributed by atoms with Crippen LogP contribution in [0.1, 0.15) is 17.5 Å². The molecule has 0 unspecified atom stereocenters. The molecule has 110 valence electrons. The van der Waals surface area contributed by atoms with Crippen LogP contribution in [-0.2, 0) is 17.6 Å². The molecule has 21 heavy (non-hydrogen) atoms. The monoisotopic (exact) mass is 321 g/mol. The quantitative estimate of drug-likeness (QED) is 0.845. The molecule has 0 aliphatic rings. The van der Waals surface area contributed by atoms with Gasteiger partial charge in [-0.1, -0.05) is 53.5 Å². The zero-order chi connectivity index (χ0) is 15.1. The molecule has 0 radical (unpaired) electrons. The van der Waals surface area contributed by atoms with Crippen LogP contribution in [0.5, 0.6) is 0 Å². The first-order valence-electron chi connectivity index (χ1n) is 6.90. The van der Waals surface area contributed by atoms with Gasteiger partial charge in [-0.2, -0.15) is 0 Å². The zero-order valence-corrected chi connectivity index (χ0v) is 13.1.